The third-order valence-electron chi connectivity index (χ3n) is 2.19. The summed E-state index contributed by atoms with van der Waals surface area (Å²) in [5.74, 6) is -0.320. The van der Waals surface area contributed by atoms with E-state index in [2.05, 4.69) is 10.3 Å². The van der Waals surface area contributed by atoms with Crippen molar-refractivity contribution < 1.29 is 9.90 Å². The number of anilines is 1. The lowest BCUT2D eigenvalue weighted by Crippen LogP contribution is -2.14. The molecule has 0 atom stereocenters. The summed E-state index contributed by atoms with van der Waals surface area (Å²) in [6.45, 7) is 1.13. The number of nitrogens with one attached hydrogen (secondary N) is 1. The van der Waals surface area contributed by atoms with Crippen molar-refractivity contribution in [2.24, 2.45) is 5.73 Å². The summed E-state index contributed by atoms with van der Waals surface area (Å²) in [5.41, 5.74) is 6.34. The number of hydrogen-bond acceptors (Lipinski definition) is 4. The highest BCUT2D eigenvalue weighted by molar-refractivity contribution is 6.32. The molecule has 4 N–H and O–H groups in total. The van der Waals surface area contributed by atoms with Crippen molar-refractivity contribution in [2.75, 3.05) is 18.4 Å². The van der Waals surface area contributed by atoms with Crippen molar-refractivity contribution in [3.63, 3.8) is 0 Å². The van der Waals surface area contributed by atoms with E-state index in [1.165, 1.54) is 0 Å². The Bertz CT molecular complexity index is 442. The maximum Gasteiger partial charge on any atom is 0.327 e. The summed E-state index contributed by atoms with van der Waals surface area (Å²) in [5, 5.41) is 12.0. The number of aryl methyl sites for hydroxylation is 1. The van der Waals surface area contributed by atoms with E-state index in [9.17, 15) is 4.79 Å². The topological polar surface area (TPSA) is 88.2 Å². The molecule has 0 aliphatic carbocycles. The Morgan fingerprint density at radius 2 is 2.20 bits per heavy atom. The maximum atomic E-state index is 10.3. The molecule has 0 spiro atoms. The number of halogens is 3. The molecule has 1 heterocycles. The molecule has 0 radical (unpaired) electrons. The zero-order chi connectivity index (χ0) is 13.4. The van der Waals surface area contributed by atoms with E-state index in [1.807, 2.05) is 6.07 Å². The highest BCUT2D eigenvalue weighted by Gasteiger charge is 2.02. The lowest BCUT2D eigenvalue weighted by molar-refractivity contribution is -0.131. The van der Waals surface area contributed by atoms with Gasteiger partial charge in [0, 0.05) is 25.4 Å². The number of aliphatic carboxylic acids is 1. The summed E-state index contributed by atoms with van der Waals surface area (Å²) in [7, 11) is 0. The maximum absolute atomic E-state index is 10.3. The van der Waals surface area contributed by atoms with Crippen LogP contribution in [0.2, 0.25) is 5.02 Å². The third kappa shape index (κ3) is 8.22. The van der Waals surface area contributed by atoms with Gasteiger partial charge in [0.05, 0.1) is 5.02 Å². The first-order valence-corrected chi connectivity index (χ1v) is 5.99. The minimum absolute atomic E-state index is 0. The van der Waals surface area contributed by atoms with Crippen LogP contribution in [0.5, 0.6) is 0 Å². The Morgan fingerprint density at radius 3 is 2.75 bits per heavy atom. The van der Waals surface area contributed by atoms with Crippen LogP contribution in [0.1, 0.15) is 12.0 Å². The summed E-state index contributed by atoms with van der Waals surface area (Å²) in [4.78, 5) is 14.5. The number of hydrogen-bond donors (Lipinski definition) is 3. The van der Waals surface area contributed by atoms with Gasteiger partial charge >= 0.3 is 5.97 Å². The summed E-state index contributed by atoms with van der Waals surface area (Å²) < 4.78 is 0. The molecule has 0 bridgehead atoms. The number of pyridine rings is 1. The summed E-state index contributed by atoms with van der Waals surface area (Å²) in [6.07, 6.45) is 5.80. The smallest absolute Gasteiger partial charge is 0.327 e. The summed E-state index contributed by atoms with van der Waals surface area (Å²) in [6, 6.07) is 1.82. The van der Waals surface area contributed by atoms with Crippen LogP contribution < -0.4 is 11.1 Å². The molecule has 5 nitrogen and oxygen atoms in total. The molecular formula is C12H18Cl3N3O2. The number of allylic oxidation sites excluding steroid dienone is 1. The predicted octanol–water partition coefficient (Wildman–Crippen LogP) is 2.52. The van der Waals surface area contributed by atoms with Crippen LogP contribution >= 0.6 is 36.4 Å². The van der Waals surface area contributed by atoms with Gasteiger partial charge in [-0.2, -0.15) is 0 Å². The van der Waals surface area contributed by atoms with Gasteiger partial charge < -0.3 is 16.2 Å². The Morgan fingerprint density at radius 1 is 1.50 bits per heavy atom. The van der Waals surface area contributed by atoms with Gasteiger partial charge in [0.2, 0.25) is 0 Å². The second-order valence-electron chi connectivity index (χ2n) is 3.67. The van der Waals surface area contributed by atoms with E-state index < -0.39 is 5.97 Å². The van der Waals surface area contributed by atoms with E-state index >= 15 is 0 Å². The molecule has 0 aliphatic rings. The first-order chi connectivity index (χ1) is 8.63. The van der Waals surface area contributed by atoms with Gasteiger partial charge in [-0.05, 0) is 24.5 Å². The molecule has 114 valence electrons. The van der Waals surface area contributed by atoms with E-state index in [1.54, 1.807) is 12.3 Å². The Labute approximate surface area is 135 Å². The number of carboxylic acid groups (broad SMARTS) is 1. The molecule has 1 aromatic rings. The Kier molecular flexibility index (Phi) is 12.5. The number of nitrogens with zero attached hydrogens (tertiary/aromatic N) is 1. The fourth-order valence-electron chi connectivity index (χ4n) is 1.37. The Hall–Kier alpha value is -1.01. The molecule has 0 saturated carbocycles. The lowest BCUT2D eigenvalue weighted by Gasteiger charge is -2.07. The van der Waals surface area contributed by atoms with E-state index in [4.69, 9.17) is 22.4 Å². The molecule has 8 heteroatoms. The predicted molar refractivity (Wildman–Crippen MR) is 86.4 cm³/mol. The van der Waals surface area contributed by atoms with Crippen LogP contribution in [0.15, 0.2) is 24.4 Å². The highest BCUT2D eigenvalue weighted by Crippen LogP contribution is 2.20. The number of carbonyl (C=O) groups is 1. The van der Waals surface area contributed by atoms with E-state index in [-0.39, 0.29) is 24.8 Å². The van der Waals surface area contributed by atoms with Gasteiger partial charge in [-0.1, -0.05) is 17.7 Å². The number of aromatic nitrogens is 1. The zero-order valence-electron chi connectivity index (χ0n) is 10.7. The van der Waals surface area contributed by atoms with Crippen LogP contribution in [0.25, 0.3) is 0 Å². The SMILES string of the molecule is Cl.Cl.NCCNc1ncc(CC/C=C/C(=O)O)cc1Cl. The molecule has 0 fully saturated rings. The molecule has 1 rings (SSSR count). The van der Waals surface area contributed by atoms with Crippen LogP contribution in [0.3, 0.4) is 0 Å². The molecule has 0 aromatic carbocycles. The van der Waals surface area contributed by atoms with Crippen molar-refractivity contribution in [1.29, 1.82) is 0 Å². The highest BCUT2D eigenvalue weighted by atomic mass is 35.5. The quantitative estimate of drug-likeness (QED) is 0.663. The molecule has 20 heavy (non-hydrogen) atoms. The monoisotopic (exact) mass is 341 g/mol. The fraction of sp³-hybridized carbons (Fsp3) is 0.333. The molecule has 0 unspecified atom stereocenters. The second-order valence-corrected chi connectivity index (χ2v) is 4.08. The van der Waals surface area contributed by atoms with Gasteiger partial charge in [-0.3, -0.25) is 0 Å². The normalized spacial score (nSPS) is 9.70. The minimum Gasteiger partial charge on any atom is -0.478 e. The molecule has 0 amide bonds. The van der Waals surface area contributed by atoms with Crippen molar-refractivity contribution in [1.82, 2.24) is 4.98 Å². The number of nitrogens with two attached hydrogens (primary N) is 1. The van der Waals surface area contributed by atoms with Crippen molar-refractivity contribution in [3.05, 3.63) is 35.0 Å². The van der Waals surface area contributed by atoms with Gasteiger partial charge in [-0.25, -0.2) is 9.78 Å². The van der Waals surface area contributed by atoms with Crippen LogP contribution in [0, 0.1) is 0 Å². The van der Waals surface area contributed by atoms with Gasteiger partial charge in [-0.15, -0.1) is 24.8 Å². The first kappa shape index (κ1) is 21.3. The molecular weight excluding hydrogens is 325 g/mol. The van der Waals surface area contributed by atoms with Gasteiger partial charge in [0.25, 0.3) is 0 Å². The van der Waals surface area contributed by atoms with Crippen molar-refractivity contribution >= 4 is 48.2 Å². The van der Waals surface area contributed by atoms with Gasteiger partial charge in [0.15, 0.2) is 0 Å². The fourth-order valence-corrected chi connectivity index (χ4v) is 1.62. The van der Waals surface area contributed by atoms with Crippen molar-refractivity contribution in [2.45, 2.75) is 12.8 Å². The standard InChI is InChI=1S/C12H16ClN3O2.2ClH/c13-10-7-9(3-1-2-4-11(17)18)8-16-12(10)15-6-5-14;;/h2,4,7-8H,1,3,5-6,14H2,(H,15,16)(H,17,18);2*1H/b4-2+;;. The number of rotatable bonds is 7. The van der Waals surface area contributed by atoms with Crippen LogP contribution in [-0.4, -0.2) is 29.1 Å². The third-order valence-corrected chi connectivity index (χ3v) is 2.48. The average molecular weight is 343 g/mol. The number of carboxylic acids is 1. The average Bonchev–Trinajstić information content (AvgIpc) is 2.33. The van der Waals surface area contributed by atoms with Crippen molar-refractivity contribution in [3.8, 4) is 0 Å². The zero-order valence-corrected chi connectivity index (χ0v) is 13.1. The summed E-state index contributed by atoms with van der Waals surface area (Å²) >= 11 is 6.05. The second kappa shape index (κ2) is 11.8. The molecule has 1 aromatic heterocycles. The Balaban J connectivity index is 0. The van der Waals surface area contributed by atoms with E-state index in [0.717, 1.165) is 11.6 Å². The lowest BCUT2D eigenvalue weighted by atomic mass is 10.1. The minimum atomic E-state index is -0.938. The first-order valence-electron chi connectivity index (χ1n) is 5.61. The molecule has 0 saturated heterocycles. The largest absolute Gasteiger partial charge is 0.478 e. The van der Waals surface area contributed by atoms with Gasteiger partial charge in [0.1, 0.15) is 5.82 Å². The van der Waals surface area contributed by atoms with Crippen LogP contribution in [-0.2, 0) is 11.2 Å². The van der Waals surface area contributed by atoms with Crippen LogP contribution in [0.4, 0.5) is 5.82 Å². The molecule has 0 aliphatic heterocycles. The van der Waals surface area contributed by atoms with E-state index in [0.29, 0.717) is 36.8 Å².